The average Bonchev–Trinajstić information content (AvgIpc) is 2.81. The van der Waals surface area contributed by atoms with Crippen LogP contribution in [0.1, 0.15) is 24.7 Å². The maximum atomic E-state index is 12.0. The molecule has 0 bridgehead atoms. The number of carbonyl (C=O) groups excluding carboxylic acids is 1. The minimum Gasteiger partial charge on any atom is -0.336 e. The predicted molar refractivity (Wildman–Crippen MR) is 89.7 cm³/mol. The van der Waals surface area contributed by atoms with Gasteiger partial charge in [-0.25, -0.2) is 4.68 Å². The first-order chi connectivity index (χ1) is 10.5. The van der Waals surface area contributed by atoms with Crippen molar-refractivity contribution in [3.05, 3.63) is 34.6 Å². The monoisotopic (exact) mass is 339 g/mol. The molecule has 22 heavy (non-hydrogen) atoms. The summed E-state index contributed by atoms with van der Waals surface area (Å²) in [4.78, 5) is 12.0. The van der Waals surface area contributed by atoms with E-state index >= 15 is 0 Å². The van der Waals surface area contributed by atoms with E-state index in [1.165, 1.54) is 16.4 Å². The van der Waals surface area contributed by atoms with Gasteiger partial charge in [-0.3, -0.25) is 4.79 Å². The molecule has 0 spiro atoms. The quantitative estimate of drug-likeness (QED) is 0.624. The summed E-state index contributed by atoms with van der Waals surface area (Å²) >= 11 is 7.15. The summed E-state index contributed by atoms with van der Waals surface area (Å²) in [5.74, 6) is 6.70. The smallest absolute Gasteiger partial charge is 0.234 e. The van der Waals surface area contributed by atoms with Gasteiger partial charge >= 0.3 is 0 Å². The Balaban J connectivity index is 1.93. The summed E-state index contributed by atoms with van der Waals surface area (Å²) in [6.07, 6.45) is 1.70. The van der Waals surface area contributed by atoms with Crippen LogP contribution in [0, 0.1) is 6.92 Å². The van der Waals surface area contributed by atoms with Crippen LogP contribution in [0.5, 0.6) is 0 Å². The molecule has 0 aliphatic carbocycles. The van der Waals surface area contributed by atoms with Gasteiger partial charge in [-0.1, -0.05) is 30.3 Å². The van der Waals surface area contributed by atoms with Gasteiger partial charge in [-0.2, -0.15) is 0 Å². The van der Waals surface area contributed by atoms with E-state index in [1.54, 1.807) is 18.2 Å². The molecule has 0 saturated heterocycles. The third kappa shape index (κ3) is 4.14. The summed E-state index contributed by atoms with van der Waals surface area (Å²) in [6, 6.07) is 5.33. The number of halogens is 1. The standard InChI is InChI=1S/C14H18ClN5OS/c1-3-4-12-18-19-14(20(12)16)22-8-13(21)17-11-6-5-10(15)7-9(11)2/h5-7H,3-4,8,16H2,1-2H3,(H,17,21). The Hall–Kier alpha value is -1.73. The number of nitrogens with zero attached hydrogens (tertiary/aromatic N) is 3. The van der Waals surface area contributed by atoms with E-state index in [4.69, 9.17) is 17.4 Å². The number of anilines is 1. The zero-order valence-electron chi connectivity index (χ0n) is 12.5. The minimum absolute atomic E-state index is 0.129. The van der Waals surface area contributed by atoms with E-state index in [2.05, 4.69) is 15.5 Å². The Morgan fingerprint density at radius 1 is 1.45 bits per heavy atom. The van der Waals surface area contributed by atoms with E-state index in [1.807, 2.05) is 13.8 Å². The van der Waals surface area contributed by atoms with Crippen LogP contribution in [-0.4, -0.2) is 26.5 Å². The second kappa shape index (κ2) is 7.51. The van der Waals surface area contributed by atoms with Crippen molar-refractivity contribution < 1.29 is 4.79 Å². The van der Waals surface area contributed by atoms with Crippen molar-refractivity contribution in [2.75, 3.05) is 16.9 Å². The maximum absolute atomic E-state index is 12.0. The predicted octanol–water partition coefficient (Wildman–Crippen LogP) is 2.64. The molecular formula is C14H18ClN5OS. The number of aromatic nitrogens is 3. The molecule has 3 N–H and O–H groups in total. The zero-order valence-corrected chi connectivity index (χ0v) is 14.0. The molecule has 6 nitrogen and oxygen atoms in total. The molecular weight excluding hydrogens is 322 g/mol. The molecule has 1 aromatic carbocycles. The van der Waals surface area contributed by atoms with E-state index < -0.39 is 0 Å². The lowest BCUT2D eigenvalue weighted by molar-refractivity contribution is -0.113. The van der Waals surface area contributed by atoms with Gasteiger partial charge in [-0.05, 0) is 37.1 Å². The van der Waals surface area contributed by atoms with Crippen LogP contribution in [0.15, 0.2) is 23.4 Å². The number of carbonyl (C=O) groups is 1. The molecule has 0 unspecified atom stereocenters. The number of hydrogen-bond acceptors (Lipinski definition) is 5. The van der Waals surface area contributed by atoms with Crippen molar-refractivity contribution in [3.63, 3.8) is 0 Å². The number of hydrogen-bond donors (Lipinski definition) is 2. The van der Waals surface area contributed by atoms with Gasteiger partial charge in [0.15, 0.2) is 5.82 Å². The molecule has 0 atom stereocenters. The van der Waals surface area contributed by atoms with Crippen molar-refractivity contribution >= 4 is 35.0 Å². The van der Waals surface area contributed by atoms with Crippen LogP contribution in [-0.2, 0) is 11.2 Å². The molecule has 1 amide bonds. The molecule has 0 saturated carbocycles. The van der Waals surface area contributed by atoms with Crippen LogP contribution < -0.4 is 11.2 Å². The fourth-order valence-electron chi connectivity index (χ4n) is 1.88. The molecule has 8 heteroatoms. The molecule has 0 radical (unpaired) electrons. The lowest BCUT2D eigenvalue weighted by Gasteiger charge is -2.08. The molecule has 2 rings (SSSR count). The third-order valence-electron chi connectivity index (χ3n) is 3.00. The number of aryl methyl sites for hydroxylation is 2. The largest absolute Gasteiger partial charge is 0.336 e. The molecule has 2 aromatic rings. The van der Waals surface area contributed by atoms with E-state index in [0.717, 1.165) is 29.9 Å². The van der Waals surface area contributed by atoms with Gasteiger partial charge in [0.1, 0.15) is 0 Å². The second-order valence-corrected chi connectivity index (χ2v) is 6.19. The highest BCUT2D eigenvalue weighted by atomic mass is 35.5. The lowest BCUT2D eigenvalue weighted by atomic mass is 10.2. The molecule has 1 aromatic heterocycles. The first-order valence-electron chi connectivity index (χ1n) is 6.89. The maximum Gasteiger partial charge on any atom is 0.234 e. The number of nitrogens with two attached hydrogens (primary N) is 1. The molecule has 0 aliphatic rings. The number of benzene rings is 1. The number of thioether (sulfide) groups is 1. The number of nitrogens with one attached hydrogen (secondary N) is 1. The van der Waals surface area contributed by atoms with Gasteiger partial charge in [0, 0.05) is 17.1 Å². The third-order valence-corrected chi connectivity index (χ3v) is 4.18. The first kappa shape index (κ1) is 16.6. The molecule has 0 aliphatic heterocycles. The van der Waals surface area contributed by atoms with Crippen LogP contribution in [0.4, 0.5) is 5.69 Å². The number of nitrogen functional groups attached to an aromatic ring is 1. The van der Waals surface area contributed by atoms with Gasteiger partial charge in [0.25, 0.3) is 0 Å². The van der Waals surface area contributed by atoms with Crippen LogP contribution in [0.2, 0.25) is 5.02 Å². The van der Waals surface area contributed by atoms with Crippen molar-refractivity contribution in [2.45, 2.75) is 31.8 Å². The van der Waals surface area contributed by atoms with Gasteiger partial charge in [0.2, 0.25) is 11.1 Å². The summed E-state index contributed by atoms with van der Waals surface area (Å²) in [7, 11) is 0. The first-order valence-corrected chi connectivity index (χ1v) is 8.25. The van der Waals surface area contributed by atoms with Gasteiger partial charge < -0.3 is 11.2 Å². The van der Waals surface area contributed by atoms with Crippen LogP contribution in [0.25, 0.3) is 0 Å². The highest BCUT2D eigenvalue weighted by Gasteiger charge is 2.12. The Labute approximate surface area is 138 Å². The fourth-order valence-corrected chi connectivity index (χ4v) is 2.79. The Morgan fingerprint density at radius 2 is 2.23 bits per heavy atom. The summed E-state index contributed by atoms with van der Waals surface area (Å²) in [6.45, 7) is 3.94. The SMILES string of the molecule is CCCc1nnc(SCC(=O)Nc2ccc(Cl)cc2C)n1N. The lowest BCUT2D eigenvalue weighted by Crippen LogP contribution is -2.17. The summed E-state index contributed by atoms with van der Waals surface area (Å²) in [5.41, 5.74) is 1.66. The van der Waals surface area contributed by atoms with E-state index in [0.29, 0.717) is 10.2 Å². The Kier molecular flexibility index (Phi) is 5.68. The second-order valence-electron chi connectivity index (χ2n) is 4.81. The topological polar surface area (TPSA) is 85.8 Å². The normalized spacial score (nSPS) is 10.7. The van der Waals surface area contributed by atoms with Crippen molar-refractivity contribution in [2.24, 2.45) is 0 Å². The fraction of sp³-hybridized carbons (Fsp3) is 0.357. The highest BCUT2D eigenvalue weighted by molar-refractivity contribution is 7.99. The van der Waals surface area contributed by atoms with E-state index in [9.17, 15) is 4.79 Å². The summed E-state index contributed by atoms with van der Waals surface area (Å²) < 4.78 is 1.44. The van der Waals surface area contributed by atoms with E-state index in [-0.39, 0.29) is 11.7 Å². The van der Waals surface area contributed by atoms with Gasteiger partial charge in [0.05, 0.1) is 5.75 Å². The Bertz CT molecular complexity index is 673. The van der Waals surface area contributed by atoms with Crippen LogP contribution in [0.3, 0.4) is 0 Å². The van der Waals surface area contributed by atoms with Gasteiger partial charge in [-0.15, -0.1) is 10.2 Å². The Morgan fingerprint density at radius 3 is 2.91 bits per heavy atom. The van der Waals surface area contributed by atoms with Crippen LogP contribution >= 0.6 is 23.4 Å². The number of rotatable bonds is 6. The summed E-state index contributed by atoms with van der Waals surface area (Å²) in [5, 5.41) is 12.0. The minimum atomic E-state index is -0.129. The molecule has 118 valence electrons. The highest BCUT2D eigenvalue weighted by Crippen LogP contribution is 2.20. The zero-order chi connectivity index (χ0) is 16.1. The molecule has 1 heterocycles. The van der Waals surface area contributed by atoms with Crippen molar-refractivity contribution in [1.29, 1.82) is 0 Å². The van der Waals surface area contributed by atoms with Crippen molar-refractivity contribution in [1.82, 2.24) is 14.9 Å². The molecule has 0 fully saturated rings. The number of amides is 1. The van der Waals surface area contributed by atoms with Crippen molar-refractivity contribution in [3.8, 4) is 0 Å². The average molecular weight is 340 g/mol.